The molecule has 3 aromatic carbocycles. The first-order valence-electron chi connectivity index (χ1n) is 11.7. The van der Waals surface area contributed by atoms with E-state index in [9.17, 15) is 4.79 Å². The van der Waals surface area contributed by atoms with Crippen LogP contribution in [0.3, 0.4) is 0 Å². The van der Waals surface area contributed by atoms with Crippen LogP contribution in [0.5, 0.6) is 0 Å². The Morgan fingerprint density at radius 3 is 2.20 bits per heavy atom. The molecule has 5 nitrogen and oxygen atoms in total. The number of piperazine rings is 1. The molecule has 0 spiro atoms. The van der Waals surface area contributed by atoms with Gasteiger partial charge in [0.1, 0.15) is 5.82 Å². The van der Waals surface area contributed by atoms with Crippen LogP contribution in [0.15, 0.2) is 91.1 Å². The smallest absolute Gasteiger partial charge is 0.255 e. The number of pyridine rings is 1. The zero-order chi connectivity index (χ0) is 24.2. The lowest BCUT2D eigenvalue weighted by atomic mass is 9.99. The number of hydrogen-bond donors (Lipinski definition) is 1. The SMILES string of the molecule is CN1CCN(c2ccc(NC(=O)c3ccc(Cl)c(-c4ccc(-c5ccccc5)cc4)c3)cn2)CC1. The largest absolute Gasteiger partial charge is 0.354 e. The number of anilines is 2. The highest BCUT2D eigenvalue weighted by Crippen LogP contribution is 2.31. The number of benzene rings is 3. The second-order valence-electron chi connectivity index (χ2n) is 8.79. The van der Waals surface area contributed by atoms with E-state index in [1.54, 1.807) is 18.3 Å². The van der Waals surface area contributed by atoms with Crippen molar-refractivity contribution >= 4 is 29.0 Å². The van der Waals surface area contributed by atoms with Gasteiger partial charge in [0.2, 0.25) is 0 Å². The van der Waals surface area contributed by atoms with Crippen molar-refractivity contribution in [2.24, 2.45) is 0 Å². The fourth-order valence-electron chi connectivity index (χ4n) is 4.25. The van der Waals surface area contributed by atoms with Gasteiger partial charge in [0.25, 0.3) is 5.91 Å². The molecule has 1 fully saturated rings. The minimum atomic E-state index is -0.196. The van der Waals surface area contributed by atoms with Crippen LogP contribution in [0, 0.1) is 0 Å². The van der Waals surface area contributed by atoms with Gasteiger partial charge < -0.3 is 15.1 Å². The van der Waals surface area contributed by atoms with E-state index in [2.05, 4.69) is 51.4 Å². The average molecular weight is 483 g/mol. The first-order valence-corrected chi connectivity index (χ1v) is 12.1. The molecule has 1 saturated heterocycles. The van der Waals surface area contributed by atoms with Gasteiger partial charge in [-0.05, 0) is 54.1 Å². The number of hydrogen-bond acceptors (Lipinski definition) is 4. The first-order chi connectivity index (χ1) is 17.1. The summed E-state index contributed by atoms with van der Waals surface area (Å²) in [5.41, 5.74) is 5.28. The zero-order valence-corrected chi connectivity index (χ0v) is 20.4. The Morgan fingerprint density at radius 2 is 1.51 bits per heavy atom. The number of aromatic nitrogens is 1. The Hall–Kier alpha value is -3.67. The molecule has 0 unspecified atom stereocenters. The fourth-order valence-corrected chi connectivity index (χ4v) is 4.47. The molecule has 5 rings (SSSR count). The lowest BCUT2D eigenvalue weighted by molar-refractivity contribution is 0.102. The topological polar surface area (TPSA) is 48.5 Å². The Balaban J connectivity index is 1.30. The number of halogens is 1. The number of carbonyl (C=O) groups excluding carboxylic acids is 1. The van der Waals surface area contributed by atoms with Crippen LogP contribution in [0.1, 0.15) is 10.4 Å². The summed E-state index contributed by atoms with van der Waals surface area (Å²) in [6.45, 7) is 3.95. The van der Waals surface area contributed by atoms with Gasteiger partial charge in [-0.3, -0.25) is 4.79 Å². The zero-order valence-electron chi connectivity index (χ0n) is 19.6. The van der Waals surface area contributed by atoms with Crippen molar-refractivity contribution < 1.29 is 4.79 Å². The number of carbonyl (C=O) groups is 1. The fraction of sp³-hybridized carbons (Fsp3) is 0.172. The standard InChI is InChI=1S/C29H27ClN4O/c1-33-15-17-34(18-16-33)28-14-12-25(20-31-28)32-29(35)24-11-13-27(30)26(19-24)23-9-7-22(8-10-23)21-5-3-2-4-6-21/h2-14,19-20H,15-18H2,1H3,(H,32,35). The van der Waals surface area contributed by atoms with Crippen LogP contribution in [-0.4, -0.2) is 49.0 Å². The monoisotopic (exact) mass is 482 g/mol. The highest BCUT2D eigenvalue weighted by atomic mass is 35.5. The van der Waals surface area contributed by atoms with E-state index in [1.165, 1.54) is 0 Å². The summed E-state index contributed by atoms with van der Waals surface area (Å²) in [6, 6.07) is 27.6. The van der Waals surface area contributed by atoms with Crippen molar-refractivity contribution in [1.29, 1.82) is 0 Å². The average Bonchev–Trinajstić information content (AvgIpc) is 2.90. The van der Waals surface area contributed by atoms with E-state index in [-0.39, 0.29) is 5.91 Å². The third-order valence-electron chi connectivity index (χ3n) is 6.36. The van der Waals surface area contributed by atoms with Crippen molar-refractivity contribution in [2.45, 2.75) is 0 Å². The summed E-state index contributed by atoms with van der Waals surface area (Å²) in [5.74, 6) is 0.738. The van der Waals surface area contributed by atoms with Crippen molar-refractivity contribution in [3.63, 3.8) is 0 Å². The molecule has 6 heteroatoms. The molecule has 1 N–H and O–H groups in total. The normalized spacial score (nSPS) is 14.1. The molecule has 1 aliphatic rings. The van der Waals surface area contributed by atoms with Crippen molar-refractivity contribution in [3.8, 4) is 22.3 Å². The molecule has 1 aliphatic heterocycles. The van der Waals surface area contributed by atoms with Gasteiger partial charge >= 0.3 is 0 Å². The third kappa shape index (κ3) is 5.37. The maximum atomic E-state index is 13.0. The lowest BCUT2D eigenvalue weighted by Crippen LogP contribution is -2.44. The molecule has 0 radical (unpaired) electrons. The second-order valence-corrected chi connectivity index (χ2v) is 9.19. The molecule has 0 bridgehead atoms. The minimum absolute atomic E-state index is 0.196. The van der Waals surface area contributed by atoms with Crippen LogP contribution in [0.2, 0.25) is 5.02 Å². The summed E-state index contributed by atoms with van der Waals surface area (Å²) >= 11 is 6.50. The highest BCUT2D eigenvalue weighted by Gasteiger charge is 2.16. The molecule has 0 saturated carbocycles. The molecule has 0 aliphatic carbocycles. The van der Waals surface area contributed by atoms with Crippen LogP contribution < -0.4 is 10.2 Å². The summed E-state index contributed by atoms with van der Waals surface area (Å²) in [4.78, 5) is 22.1. The number of likely N-dealkylation sites (N-methyl/N-ethyl adjacent to an activating group) is 1. The van der Waals surface area contributed by atoms with E-state index in [1.807, 2.05) is 48.5 Å². The van der Waals surface area contributed by atoms with Crippen LogP contribution in [0.4, 0.5) is 11.5 Å². The summed E-state index contributed by atoms with van der Waals surface area (Å²) in [7, 11) is 2.13. The molecular weight excluding hydrogens is 456 g/mol. The van der Waals surface area contributed by atoms with Crippen molar-refractivity contribution in [2.75, 3.05) is 43.4 Å². The molecule has 35 heavy (non-hydrogen) atoms. The van der Waals surface area contributed by atoms with Gasteiger partial charge in [0, 0.05) is 42.3 Å². The first kappa shape index (κ1) is 23.1. The molecule has 2 heterocycles. The van der Waals surface area contributed by atoms with Gasteiger partial charge in [0.15, 0.2) is 0 Å². The summed E-state index contributed by atoms with van der Waals surface area (Å²) in [6.07, 6.45) is 1.71. The highest BCUT2D eigenvalue weighted by molar-refractivity contribution is 6.33. The van der Waals surface area contributed by atoms with Crippen molar-refractivity contribution in [3.05, 3.63) is 102 Å². The predicted octanol–water partition coefficient (Wildman–Crippen LogP) is 6.07. The molecule has 176 valence electrons. The van der Waals surface area contributed by atoms with Gasteiger partial charge in [0.05, 0.1) is 11.9 Å². The second kappa shape index (κ2) is 10.3. The maximum absolute atomic E-state index is 13.0. The molecular formula is C29H27ClN4O. The van der Waals surface area contributed by atoms with Crippen molar-refractivity contribution in [1.82, 2.24) is 9.88 Å². The Morgan fingerprint density at radius 1 is 0.829 bits per heavy atom. The van der Waals surface area contributed by atoms with Crippen LogP contribution in [0.25, 0.3) is 22.3 Å². The summed E-state index contributed by atoms with van der Waals surface area (Å²) in [5, 5.41) is 3.56. The Kier molecular flexibility index (Phi) is 6.80. The van der Waals surface area contributed by atoms with Gasteiger partial charge in [-0.25, -0.2) is 4.98 Å². The van der Waals surface area contributed by atoms with Crippen LogP contribution >= 0.6 is 11.6 Å². The number of rotatable bonds is 5. The van der Waals surface area contributed by atoms with Gasteiger partial charge in [-0.1, -0.05) is 66.2 Å². The van der Waals surface area contributed by atoms with E-state index in [4.69, 9.17) is 11.6 Å². The van der Waals surface area contributed by atoms with E-state index in [0.29, 0.717) is 16.3 Å². The molecule has 1 aromatic heterocycles. The molecule has 0 atom stereocenters. The molecule has 4 aromatic rings. The van der Waals surface area contributed by atoms with Crippen LogP contribution in [-0.2, 0) is 0 Å². The quantitative estimate of drug-likeness (QED) is 0.375. The summed E-state index contributed by atoms with van der Waals surface area (Å²) < 4.78 is 0. The van der Waals surface area contributed by atoms with E-state index in [0.717, 1.165) is 54.3 Å². The number of nitrogens with one attached hydrogen (secondary N) is 1. The Labute approximate surface area is 211 Å². The predicted molar refractivity (Wildman–Crippen MR) is 144 cm³/mol. The third-order valence-corrected chi connectivity index (χ3v) is 6.69. The van der Waals surface area contributed by atoms with Gasteiger partial charge in [-0.2, -0.15) is 0 Å². The molecule has 1 amide bonds. The maximum Gasteiger partial charge on any atom is 0.255 e. The lowest BCUT2D eigenvalue weighted by Gasteiger charge is -2.33. The Bertz CT molecular complexity index is 1300. The van der Waals surface area contributed by atoms with Gasteiger partial charge in [-0.15, -0.1) is 0 Å². The minimum Gasteiger partial charge on any atom is -0.354 e. The van der Waals surface area contributed by atoms with E-state index >= 15 is 0 Å². The number of amides is 1. The number of nitrogens with zero attached hydrogens (tertiary/aromatic N) is 3. The van der Waals surface area contributed by atoms with E-state index < -0.39 is 0 Å².